The molecule has 21 heavy (non-hydrogen) atoms. The van der Waals surface area contributed by atoms with E-state index in [9.17, 15) is 0 Å². The van der Waals surface area contributed by atoms with E-state index < -0.39 is 0 Å². The van der Waals surface area contributed by atoms with E-state index in [4.69, 9.17) is 10.00 Å². The summed E-state index contributed by atoms with van der Waals surface area (Å²) in [5.74, 6) is 0.846. The normalized spacial score (nSPS) is 11.7. The SMILES string of the molecule is CNC(C)Cc1ccc(OCc2cccc(C#N)c2)cc1. The molecule has 0 aromatic heterocycles. The molecular weight excluding hydrogens is 260 g/mol. The summed E-state index contributed by atoms with van der Waals surface area (Å²) in [7, 11) is 1.97. The zero-order valence-electron chi connectivity index (χ0n) is 12.5. The Balaban J connectivity index is 1.93. The third-order valence-electron chi connectivity index (χ3n) is 3.42. The lowest BCUT2D eigenvalue weighted by molar-refractivity contribution is 0.306. The summed E-state index contributed by atoms with van der Waals surface area (Å²) in [6, 6.07) is 18.2. The fraction of sp³-hybridized carbons (Fsp3) is 0.278. The van der Waals surface area contributed by atoms with Crippen molar-refractivity contribution in [1.82, 2.24) is 5.32 Å². The van der Waals surface area contributed by atoms with E-state index >= 15 is 0 Å². The van der Waals surface area contributed by atoms with Gasteiger partial charge in [-0.25, -0.2) is 0 Å². The van der Waals surface area contributed by atoms with E-state index in [0.29, 0.717) is 18.2 Å². The molecule has 1 unspecified atom stereocenters. The molecule has 0 aliphatic heterocycles. The van der Waals surface area contributed by atoms with Gasteiger partial charge in [0.1, 0.15) is 12.4 Å². The Morgan fingerprint density at radius 3 is 2.57 bits per heavy atom. The highest BCUT2D eigenvalue weighted by Gasteiger charge is 2.02. The first-order valence-corrected chi connectivity index (χ1v) is 7.09. The Morgan fingerprint density at radius 1 is 1.14 bits per heavy atom. The molecule has 108 valence electrons. The Morgan fingerprint density at radius 2 is 1.90 bits per heavy atom. The number of nitrogens with one attached hydrogen (secondary N) is 1. The molecular formula is C18H20N2O. The van der Waals surface area contributed by atoms with Crippen LogP contribution in [-0.4, -0.2) is 13.1 Å². The van der Waals surface area contributed by atoms with Gasteiger partial charge in [-0.3, -0.25) is 0 Å². The van der Waals surface area contributed by atoms with Crippen molar-refractivity contribution in [2.24, 2.45) is 0 Å². The van der Waals surface area contributed by atoms with E-state index in [2.05, 4.69) is 30.4 Å². The van der Waals surface area contributed by atoms with Gasteiger partial charge in [0.05, 0.1) is 11.6 Å². The van der Waals surface area contributed by atoms with Gasteiger partial charge in [-0.05, 0) is 55.8 Å². The molecule has 3 nitrogen and oxygen atoms in total. The summed E-state index contributed by atoms with van der Waals surface area (Å²) in [6.45, 7) is 2.63. The molecule has 3 heteroatoms. The number of hydrogen-bond acceptors (Lipinski definition) is 3. The van der Waals surface area contributed by atoms with Crippen LogP contribution < -0.4 is 10.1 Å². The second-order valence-electron chi connectivity index (χ2n) is 5.14. The van der Waals surface area contributed by atoms with Crippen molar-refractivity contribution in [3.8, 4) is 11.8 Å². The van der Waals surface area contributed by atoms with E-state index in [0.717, 1.165) is 17.7 Å². The monoisotopic (exact) mass is 280 g/mol. The number of ether oxygens (including phenoxy) is 1. The van der Waals surface area contributed by atoms with Gasteiger partial charge in [0.25, 0.3) is 0 Å². The highest BCUT2D eigenvalue weighted by atomic mass is 16.5. The van der Waals surface area contributed by atoms with E-state index in [1.54, 1.807) is 6.07 Å². The minimum atomic E-state index is 0.463. The van der Waals surface area contributed by atoms with Gasteiger partial charge in [0.15, 0.2) is 0 Å². The summed E-state index contributed by atoms with van der Waals surface area (Å²) in [5.41, 5.74) is 2.95. The van der Waals surface area contributed by atoms with Crippen molar-refractivity contribution in [1.29, 1.82) is 5.26 Å². The zero-order valence-corrected chi connectivity index (χ0v) is 12.5. The first-order chi connectivity index (χ1) is 10.2. The predicted octanol–water partition coefficient (Wildman–Crippen LogP) is 3.29. The van der Waals surface area contributed by atoms with Gasteiger partial charge in [0, 0.05) is 6.04 Å². The summed E-state index contributed by atoms with van der Waals surface area (Å²) >= 11 is 0. The second kappa shape index (κ2) is 7.47. The fourth-order valence-corrected chi connectivity index (χ4v) is 2.07. The average Bonchev–Trinajstić information content (AvgIpc) is 2.54. The number of rotatable bonds is 6. The molecule has 0 amide bonds. The molecule has 0 spiro atoms. The van der Waals surface area contributed by atoms with Gasteiger partial charge in [-0.2, -0.15) is 5.26 Å². The molecule has 0 aliphatic rings. The van der Waals surface area contributed by atoms with Crippen molar-refractivity contribution in [3.05, 3.63) is 65.2 Å². The van der Waals surface area contributed by atoms with Crippen molar-refractivity contribution in [2.75, 3.05) is 7.05 Å². The first-order valence-electron chi connectivity index (χ1n) is 7.09. The molecule has 0 heterocycles. The van der Waals surface area contributed by atoms with Gasteiger partial charge < -0.3 is 10.1 Å². The van der Waals surface area contributed by atoms with Crippen LogP contribution >= 0.6 is 0 Å². The molecule has 1 N–H and O–H groups in total. The lowest BCUT2D eigenvalue weighted by Gasteiger charge is -2.11. The molecule has 1 atom stereocenters. The lowest BCUT2D eigenvalue weighted by Crippen LogP contribution is -2.23. The topological polar surface area (TPSA) is 45.0 Å². The maximum absolute atomic E-state index is 8.87. The second-order valence-corrected chi connectivity index (χ2v) is 5.14. The van der Waals surface area contributed by atoms with Crippen molar-refractivity contribution in [3.63, 3.8) is 0 Å². The van der Waals surface area contributed by atoms with Gasteiger partial charge >= 0.3 is 0 Å². The standard InChI is InChI=1S/C18H20N2O/c1-14(20-2)10-15-6-8-18(9-7-15)21-13-17-5-3-4-16(11-17)12-19/h3-9,11,14,20H,10,13H2,1-2H3. The molecule has 0 bridgehead atoms. The largest absolute Gasteiger partial charge is 0.489 e. The third kappa shape index (κ3) is 4.62. The maximum Gasteiger partial charge on any atom is 0.119 e. The van der Waals surface area contributed by atoms with E-state index in [-0.39, 0.29) is 0 Å². The van der Waals surface area contributed by atoms with Crippen molar-refractivity contribution < 1.29 is 4.74 Å². The number of nitrogens with zero attached hydrogens (tertiary/aromatic N) is 1. The van der Waals surface area contributed by atoms with Crippen LogP contribution in [0, 0.1) is 11.3 Å². The Kier molecular flexibility index (Phi) is 5.36. The van der Waals surface area contributed by atoms with Gasteiger partial charge in [-0.15, -0.1) is 0 Å². The average molecular weight is 280 g/mol. The van der Waals surface area contributed by atoms with Crippen LogP contribution in [0.1, 0.15) is 23.6 Å². The van der Waals surface area contributed by atoms with Crippen LogP contribution in [0.3, 0.4) is 0 Å². The number of likely N-dealkylation sites (N-methyl/N-ethyl adjacent to an activating group) is 1. The quantitative estimate of drug-likeness (QED) is 0.883. The van der Waals surface area contributed by atoms with Crippen LogP contribution in [0.2, 0.25) is 0 Å². The number of hydrogen-bond donors (Lipinski definition) is 1. The summed E-state index contributed by atoms with van der Waals surface area (Å²) in [6.07, 6.45) is 1.00. The summed E-state index contributed by atoms with van der Waals surface area (Å²) in [5, 5.41) is 12.1. The highest BCUT2D eigenvalue weighted by molar-refractivity contribution is 5.33. The smallest absolute Gasteiger partial charge is 0.119 e. The molecule has 0 radical (unpaired) electrons. The van der Waals surface area contributed by atoms with E-state index in [1.807, 2.05) is 37.4 Å². The minimum absolute atomic E-state index is 0.463. The van der Waals surface area contributed by atoms with Crippen LogP contribution in [-0.2, 0) is 13.0 Å². The van der Waals surface area contributed by atoms with Crippen molar-refractivity contribution >= 4 is 0 Å². The van der Waals surface area contributed by atoms with Crippen molar-refractivity contribution in [2.45, 2.75) is 26.0 Å². The molecule has 0 fully saturated rings. The first kappa shape index (κ1) is 15.1. The maximum atomic E-state index is 8.87. The lowest BCUT2D eigenvalue weighted by atomic mass is 10.1. The third-order valence-corrected chi connectivity index (χ3v) is 3.42. The Labute approximate surface area is 126 Å². The molecule has 2 aromatic carbocycles. The van der Waals surface area contributed by atoms with Gasteiger partial charge in [-0.1, -0.05) is 24.3 Å². The van der Waals surface area contributed by atoms with Crippen LogP contribution in [0.25, 0.3) is 0 Å². The summed E-state index contributed by atoms with van der Waals surface area (Å²) in [4.78, 5) is 0. The minimum Gasteiger partial charge on any atom is -0.489 e. The van der Waals surface area contributed by atoms with E-state index in [1.165, 1.54) is 5.56 Å². The summed E-state index contributed by atoms with van der Waals surface area (Å²) < 4.78 is 5.75. The van der Waals surface area contributed by atoms with Gasteiger partial charge in [0.2, 0.25) is 0 Å². The molecule has 0 saturated heterocycles. The Bertz CT molecular complexity index is 614. The highest BCUT2D eigenvalue weighted by Crippen LogP contribution is 2.15. The number of benzene rings is 2. The zero-order chi connectivity index (χ0) is 15.1. The van der Waals surface area contributed by atoms with Crippen LogP contribution in [0.5, 0.6) is 5.75 Å². The fourth-order valence-electron chi connectivity index (χ4n) is 2.07. The molecule has 0 aliphatic carbocycles. The molecule has 2 aromatic rings. The predicted molar refractivity (Wildman–Crippen MR) is 84.2 cm³/mol. The van der Waals surface area contributed by atoms with Crippen LogP contribution in [0.15, 0.2) is 48.5 Å². The molecule has 2 rings (SSSR count). The Hall–Kier alpha value is -2.31. The van der Waals surface area contributed by atoms with Crippen LogP contribution in [0.4, 0.5) is 0 Å². The number of nitriles is 1. The molecule has 0 saturated carbocycles.